The van der Waals surface area contributed by atoms with Gasteiger partial charge in [-0.15, -0.1) is 11.6 Å². The molecule has 0 aromatic heterocycles. The van der Waals surface area contributed by atoms with Crippen LogP contribution in [0.3, 0.4) is 0 Å². The molecule has 0 fully saturated rings. The molecule has 1 N–H and O–H groups in total. The molecule has 0 radical (unpaired) electrons. The lowest BCUT2D eigenvalue weighted by Gasteiger charge is -2.06. The molecular weight excluding hydrogens is 277 g/mol. The van der Waals surface area contributed by atoms with Crippen molar-refractivity contribution in [2.24, 2.45) is 0 Å². The topological polar surface area (TPSA) is 29.1 Å². The van der Waals surface area contributed by atoms with E-state index < -0.39 is 0 Å². The maximum atomic E-state index is 10.9. The van der Waals surface area contributed by atoms with Gasteiger partial charge >= 0.3 is 0 Å². The quantitative estimate of drug-likeness (QED) is 0.829. The lowest BCUT2D eigenvalue weighted by molar-refractivity contribution is -0.113. The van der Waals surface area contributed by atoms with Crippen molar-refractivity contribution in [3.63, 3.8) is 0 Å². The van der Waals surface area contributed by atoms with Crippen LogP contribution < -0.4 is 5.32 Å². The Hall–Kier alpha value is -0.250. The molecule has 1 rings (SSSR count). The SMILES string of the molecule is O=C(CCl)Nc1cccc(Cl)c1Br. The highest BCUT2D eigenvalue weighted by atomic mass is 79.9. The third kappa shape index (κ3) is 2.86. The first-order valence-corrected chi connectivity index (χ1v) is 5.15. The molecule has 0 aliphatic rings. The van der Waals surface area contributed by atoms with Crippen molar-refractivity contribution < 1.29 is 4.79 Å². The molecule has 0 bridgehead atoms. The first-order chi connectivity index (χ1) is 6.15. The van der Waals surface area contributed by atoms with E-state index in [-0.39, 0.29) is 11.8 Å². The van der Waals surface area contributed by atoms with E-state index in [0.717, 1.165) is 0 Å². The molecule has 5 heteroatoms. The molecule has 0 atom stereocenters. The summed E-state index contributed by atoms with van der Waals surface area (Å²) in [7, 11) is 0. The van der Waals surface area contributed by atoms with Crippen LogP contribution in [0.1, 0.15) is 0 Å². The number of nitrogens with one attached hydrogen (secondary N) is 1. The van der Waals surface area contributed by atoms with E-state index in [0.29, 0.717) is 15.2 Å². The van der Waals surface area contributed by atoms with Gasteiger partial charge in [-0.1, -0.05) is 17.7 Å². The molecule has 1 amide bonds. The molecule has 0 saturated heterocycles. The van der Waals surface area contributed by atoms with Crippen LogP contribution >= 0.6 is 39.1 Å². The van der Waals surface area contributed by atoms with Gasteiger partial charge < -0.3 is 5.32 Å². The molecule has 1 aromatic rings. The molecule has 70 valence electrons. The van der Waals surface area contributed by atoms with Crippen molar-refractivity contribution in [2.75, 3.05) is 11.2 Å². The first kappa shape index (κ1) is 10.8. The minimum absolute atomic E-state index is 0.0705. The second kappa shape index (κ2) is 4.84. The average Bonchev–Trinajstić information content (AvgIpc) is 2.13. The van der Waals surface area contributed by atoms with Gasteiger partial charge in [0.1, 0.15) is 5.88 Å². The van der Waals surface area contributed by atoms with Crippen LogP contribution in [0.15, 0.2) is 22.7 Å². The summed E-state index contributed by atoms with van der Waals surface area (Å²) in [5.74, 6) is -0.330. The largest absolute Gasteiger partial charge is 0.324 e. The molecule has 0 aliphatic heterocycles. The van der Waals surface area contributed by atoms with Gasteiger partial charge in [0.15, 0.2) is 0 Å². The number of alkyl halides is 1. The van der Waals surface area contributed by atoms with Crippen molar-refractivity contribution in [1.29, 1.82) is 0 Å². The van der Waals surface area contributed by atoms with Gasteiger partial charge in [0.05, 0.1) is 15.2 Å². The van der Waals surface area contributed by atoms with Gasteiger partial charge in [-0.2, -0.15) is 0 Å². The Balaban J connectivity index is 2.89. The molecule has 0 spiro atoms. The van der Waals surface area contributed by atoms with Crippen LogP contribution in [0.4, 0.5) is 5.69 Å². The van der Waals surface area contributed by atoms with Gasteiger partial charge in [-0.3, -0.25) is 4.79 Å². The van der Waals surface area contributed by atoms with Gasteiger partial charge in [0.2, 0.25) is 5.91 Å². The average molecular weight is 283 g/mol. The Bertz CT molecular complexity index is 330. The Kier molecular flexibility index (Phi) is 4.03. The van der Waals surface area contributed by atoms with Crippen molar-refractivity contribution in [3.05, 3.63) is 27.7 Å². The summed E-state index contributed by atoms with van der Waals surface area (Å²) in [6, 6.07) is 5.21. The predicted octanol–water partition coefficient (Wildman–Crippen LogP) is 3.28. The molecule has 0 heterocycles. The fourth-order valence-electron chi connectivity index (χ4n) is 0.784. The first-order valence-electron chi connectivity index (χ1n) is 3.45. The zero-order valence-corrected chi connectivity index (χ0v) is 9.58. The van der Waals surface area contributed by atoms with E-state index in [1.807, 2.05) is 0 Å². The van der Waals surface area contributed by atoms with E-state index >= 15 is 0 Å². The molecular formula is C8H6BrCl2NO. The van der Waals surface area contributed by atoms with Crippen molar-refractivity contribution in [2.45, 2.75) is 0 Å². The number of anilines is 1. The Morgan fingerprint density at radius 1 is 1.54 bits per heavy atom. The number of benzene rings is 1. The Labute approximate surface area is 94.3 Å². The highest BCUT2D eigenvalue weighted by Gasteiger charge is 2.05. The molecule has 2 nitrogen and oxygen atoms in total. The summed E-state index contributed by atoms with van der Waals surface area (Å²) < 4.78 is 0.662. The van der Waals surface area contributed by atoms with Crippen LogP contribution in [0.2, 0.25) is 5.02 Å². The van der Waals surface area contributed by atoms with Crippen molar-refractivity contribution >= 4 is 50.7 Å². The van der Waals surface area contributed by atoms with Crippen LogP contribution in [0, 0.1) is 0 Å². The number of carbonyl (C=O) groups is 1. The highest BCUT2D eigenvalue weighted by molar-refractivity contribution is 9.10. The monoisotopic (exact) mass is 281 g/mol. The van der Waals surface area contributed by atoms with E-state index in [2.05, 4.69) is 21.2 Å². The lowest BCUT2D eigenvalue weighted by atomic mass is 10.3. The summed E-state index contributed by atoms with van der Waals surface area (Å²) >= 11 is 14.4. The third-order valence-electron chi connectivity index (χ3n) is 1.35. The van der Waals surface area contributed by atoms with E-state index in [1.54, 1.807) is 18.2 Å². The standard InChI is InChI=1S/C8H6BrCl2NO/c9-8-5(11)2-1-3-6(8)12-7(13)4-10/h1-3H,4H2,(H,12,13). The van der Waals surface area contributed by atoms with Crippen molar-refractivity contribution in [1.82, 2.24) is 0 Å². The summed E-state index contributed by atoms with van der Waals surface area (Å²) in [6.07, 6.45) is 0. The second-order valence-electron chi connectivity index (χ2n) is 2.28. The van der Waals surface area contributed by atoms with E-state index in [4.69, 9.17) is 23.2 Å². The summed E-state index contributed by atoms with van der Waals surface area (Å²) in [6.45, 7) is 0. The second-order valence-corrected chi connectivity index (χ2v) is 3.75. The third-order valence-corrected chi connectivity index (χ3v) is 2.99. The van der Waals surface area contributed by atoms with Crippen LogP contribution in [-0.4, -0.2) is 11.8 Å². The number of amides is 1. The van der Waals surface area contributed by atoms with Crippen molar-refractivity contribution in [3.8, 4) is 0 Å². The van der Waals surface area contributed by atoms with Crippen LogP contribution in [0.5, 0.6) is 0 Å². The minimum atomic E-state index is -0.260. The number of hydrogen-bond donors (Lipinski definition) is 1. The van der Waals surface area contributed by atoms with E-state index in [9.17, 15) is 4.79 Å². The zero-order chi connectivity index (χ0) is 9.84. The normalized spacial score (nSPS) is 9.77. The predicted molar refractivity (Wildman–Crippen MR) is 58.5 cm³/mol. The van der Waals surface area contributed by atoms with Gasteiger partial charge in [0, 0.05) is 0 Å². The number of halogens is 3. The number of hydrogen-bond acceptors (Lipinski definition) is 1. The Morgan fingerprint density at radius 2 is 2.23 bits per heavy atom. The zero-order valence-electron chi connectivity index (χ0n) is 6.48. The maximum absolute atomic E-state index is 10.9. The van der Waals surface area contributed by atoms with Gasteiger partial charge in [-0.25, -0.2) is 0 Å². The fraction of sp³-hybridized carbons (Fsp3) is 0.125. The number of carbonyl (C=O) groups excluding carboxylic acids is 1. The Morgan fingerprint density at radius 3 is 2.85 bits per heavy atom. The van der Waals surface area contributed by atoms with Crippen LogP contribution in [-0.2, 0) is 4.79 Å². The number of rotatable bonds is 2. The molecule has 0 aliphatic carbocycles. The van der Waals surface area contributed by atoms with Crippen LogP contribution in [0.25, 0.3) is 0 Å². The summed E-state index contributed by atoms with van der Waals surface area (Å²) in [5.41, 5.74) is 0.623. The highest BCUT2D eigenvalue weighted by Crippen LogP contribution is 2.29. The summed E-state index contributed by atoms with van der Waals surface area (Å²) in [5, 5.41) is 3.15. The van der Waals surface area contributed by atoms with Gasteiger partial charge in [0.25, 0.3) is 0 Å². The minimum Gasteiger partial charge on any atom is -0.324 e. The van der Waals surface area contributed by atoms with Gasteiger partial charge in [-0.05, 0) is 28.1 Å². The lowest BCUT2D eigenvalue weighted by Crippen LogP contribution is -2.12. The molecule has 0 unspecified atom stereocenters. The summed E-state index contributed by atoms with van der Waals surface area (Å²) in [4.78, 5) is 10.9. The maximum Gasteiger partial charge on any atom is 0.239 e. The molecule has 0 saturated carbocycles. The van der Waals surface area contributed by atoms with E-state index in [1.165, 1.54) is 0 Å². The molecule has 13 heavy (non-hydrogen) atoms. The smallest absolute Gasteiger partial charge is 0.239 e. The molecule has 1 aromatic carbocycles. The fourth-order valence-corrected chi connectivity index (χ4v) is 1.39.